The van der Waals surface area contributed by atoms with Crippen LogP contribution in [0.15, 0.2) is 36.5 Å². The van der Waals surface area contributed by atoms with Gasteiger partial charge in [-0.15, -0.1) is 0 Å². The van der Waals surface area contributed by atoms with E-state index in [0.717, 1.165) is 13.0 Å². The van der Waals surface area contributed by atoms with Gasteiger partial charge in [-0.1, -0.05) is 44.2 Å². The molecule has 3 heteroatoms. The number of carboxylic acids is 1. The first-order valence-electron chi connectivity index (χ1n) is 5.99. The Morgan fingerprint density at radius 2 is 2.00 bits per heavy atom. The van der Waals surface area contributed by atoms with Crippen molar-refractivity contribution in [3.63, 3.8) is 0 Å². The molecule has 0 aliphatic carbocycles. The lowest BCUT2D eigenvalue weighted by Gasteiger charge is -2.13. The van der Waals surface area contributed by atoms with Crippen LogP contribution in [0.4, 0.5) is 0 Å². The Labute approximate surface area is 104 Å². The summed E-state index contributed by atoms with van der Waals surface area (Å²) >= 11 is 0. The first-order chi connectivity index (χ1) is 8.07. The molecule has 0 saturated carbocycles. The van der Waals surface area contributed by atoms with Gasteiger partial charge in [0.1, 0.15) is 0 Å². The topological polar surface area (TPSA) is 40.5 Å². The van der Waals surface area contributed by atoms with E-state index in [1.54, 1.807) is 0 Å². The molecular formula is C14H23NO2. The highest BCUT2D eigenvalue weighted by molar-refractivity contribution is 5.85. The molecule has 0 fully saturated rings. The van der Waals surface area contributed by atoms with Crippen LogP contribution in [0.1, 0.15) is 26.2 Å². The molecule has 0 rings (SSSR count). The van der Waals surface area contributed by atoms with Crippen molar-refractivity contribution in [3.8, 4) is 0 Å². The van der Waals surface area contributed by atoms with Gasteiger partial charge in [-0.05, 0) is 19.9 Å². The number of carboxylic acid groups (broad SMARTS) is 1. The summed E-state index contributed by atoms with van der Waals surface area (Å²) in [5.41, 5.74) is 0.267. The number of aliphatic carboxylic acids is 1. The number of nitrogens with zero attached hydrogens (tertiary/aromatic N) is 1. The van der Waals surface area contributed by atoms with E-state index in [4.69, 9.17) is 5.11 Å². The van der Waals surface area contributed by atoms with Gasteiger partial charge in [0.05, 0.1) is 0 Å². The predicted octanol–water partition coefficient (Wildman–Crippen LogP) is 2.86. The average molecular weight is 237 g/mol. The number of hydrogen-bond donors (Lipinski definition) is 1. The SMILES string of the molecule is C=C(CCN(C)CC=CC=CCCC)C(=O)O. The van der Waals surface area contributed by atoms with Gasteiger partial charge in [-0.25, -0.2) is 4.79 Å². The van der Waals surface area contributed by atoms with Gasteiger partial charge in [-0.3, -0.25) is 0 Å². The van der Waals surface area contributed by atoms with E-state index in [1.807, 2.05) is 19.2 Å². The summed E-state index contributed by atoms with van der Waals surface area (Å²) in [5, 5.41) is 8.65. The molecule has 0 radical (unpaired) electrons. The number of likely N-dealkylation sites (N-methyl/N-ethyl adjacent to an activating group) is 1. The molecule has 1 N–H and O–H groups in total. The Kier molecular flexibility index (Phi) is 9.06. The maximum atomic E-state index is 10.5. The first-order valence-corrected chi connectivity index (χ1v) is 5.99. The Balaban J connectivity index is 3.69. The lowest BCUT2D eigenvalue weighted by Crippen LogP contribution is -2.20. The summed E-state index contributed by atoms with van der Waals surface area (Å²) in [5.74, 6) is -0.906. The fourth-order valence-corrected chi connectivity index (χ4v) is 1.18. The molecule has 0 aromatic carbocycles. The second-order valence-corrected chi connectivity index (χ2v) is 4.07. The van der Waals surface area contributed by atoms with Crippen LogP contribution >= 0.6 is 0 Å². The maximum absolute atomic E-state index is 10.5. The first kappa shape index (κ1) is 15.7. The molecule has 0 unspecified atom stereocenters. The molecule has 17 heavy (non-hydrogen) atoms. The number of rotatable bonds is 9. The third kappa shape index (κ3) is 9.57. The van der Waals surface area contributed by atoms with E-state index in [1.165, 1.54) is 6.42 Å². The van der Waals surface area contributed by atoms with E-state index in [2.05, 4.69) is 30.6 Å². The zero-order valence-electron chi connectivity index (χ0n) is 10.9. The zero-order valence-corrected chi connectivity index (χ0v) is 10.9. The highest BCUT2D eigenvalue weighted by atomic mass is 16.4. The summed E-state index contributed by atoms with van der Waals surface area (Å²) < 4.78 is 0. The van der Waals surface area contributed by atoms with E-state index in [-0.39, 0.29) is 5.57 Å². The molecule has 3 nitrogen and oxygen atoms in total. The van der Waals surface area contributed by atoms with Crippen molar-refractivity contribution in [2.45, 2.75) is 26.2 Å². The molecule has 0 aromatic heterocycles. The monoisotopic (exact) mass is 237 g/mol. The van der Waals surface area contributed by atoms with Crippen molar-refractivity contribution < 1.29 is 9.90 Å². The lowest BCUT2D eigenvalue weighted by atomic mass is 10.2. The molecule has 0 aliphatic rings. The summed E-state index contributed by atoms with van der Waals surface area (Å²) in [6.07, 6.45) is 11.1. The third-order valence-corrected chi connectivity index (χ3v) is 2.35. The van der Waals surface area contributed by atoms with Crippen molar-refractivity contribution in [2.75, 3.05) is 20.1 Å². The molecule has 0 saturated heterocycles. The normalized spacial score (nSPS) is 11.7. The summed E-state index contributed by atoms with van der Waals surface area (Å²) in [6.45, 7) is 7.19. The fraction of sp³-hybridized carbons (Fsp3) is 0.500. The van der Waals surface area contributed by atoms with E-state index < -0.39 is 5.97 Å². The van der Waals surface area contributed by atoms with Crippen molar-refractivity contribution in [1.82, 2.24) is 4.90 Å². The van der Waals surface area contributed by atoms with Gasteiger partial charge in [0.15, 0.2) is 0 Å². The number of allylic oxidation sites excluding steroid dienone is 3. The molecule has 0 atom stereocenters. The molecule has 0 heterocycles. The van der Waals surface area contributed by atoms with Crippen LogP contribution in [0.25, 0.3) is 0 Å². The van der Waals surface area contributed by atoms with Crippen molar-refractivity contribution in [3.05, 3.63) is 36.5 Å². The Hall–Kier alpha value is -1.35. The number of hydrogen-bond acceptors (Lipinski definition) is 2. The summed E-state index contributed by atoms with van der Waals surface area (Å²) in [4.78, 5) is 12.6. The predicted molar refractivity (Wildman–Crippen MR) is 72.1 cm³/mol. The van der Waals surface area contributed by atoms with Crippen molar-refractivity contribution >= 4 is 5.97 Å². The van der Waals surface area contributed by atoms with Crippen LogP contribution in [0, 0.1) is 0 Å². The van der Waals surface area contributed by atoms with Crippen LogP contribution in [0.3, 0.4) is 0 Å². The Morgan fingerprint density at radius 3 is 2.59 bits per heavy atom. The molecule has 96 valence electrons. The lowest BCUT2D eigenvalue weighted by molar-refractivity contribution is -0.132. The molecule has 0 spiro atoms. The van der Waals surface area contributed by atoms with Crippen LogP contribution in [0.2, 0.25) is 0 Å². The summed E-state index contributed by atoms with van der Waals surface area (Å²) in [7, 11) is 1.97. The number of carbonyl (C=O) groups is 1. The van der Waals surface area contributed by atoms with Gasteiger partial charge >= 0.3 is 5.97 Å². The van der Waals surface area contributed by atoms with Crippen molar-refractivity contribution in [2.24, 2.45) is 0 Å². The van der Waals surface area contributed by atoms with Crippen LogP contribution < -0.4 is 0 Å². The minimum atomic E-state index is -0.906. The third-order valence-electron chi connectivity index (χ3n) is 2.35. The molecule has 0 amide bonds. The van der Waals surface area contributed by atoms with E-state index in [9.17, 15) is 4.79 Å². The van der Waals surface area contributed by atoms with Crippen LogP contribution in [-0.2, 0) is 4.79 Å². The summed E-state index contributed by atoms with van der Waals surface area (Å²) in [6, 6.07) is 0. The minimum absolute atomic E-state index is 0.267. The molecular weight excluding hydrogens is 214 g/mol. The van der Waals surface area contributed by atoms with Gasteiger partial charge in [0.2, 0.25) is 0 Å². The highest BCUT2D eigenvalue weighted by Gasteiger charge is 2.04. The second kappa shape index (κ2) is 9.85. The van der Waals surface area contributed by atoms with Gasteiger partial charge in [0.25, 0.3) is 0 Å². The quantitative estimate of drug-likeness (QED) is 0.495. The Morgan fingerprint density at radius 1 is 1.35 bits per heavy atom. The second-order valence-electron chi connectivity index (χ2n) is 4.07. The van der Waals surface area contributed by atoms with Gasteiger partial charge in [0, 0.05) is 18.7 Å². The molecule has 0 aliphatic heterocycles. The van der Waals surface area contributed by atoms with Crippen LogP contribution in [-0.4, -0.2) is 36.1 Å². The van der Waals surface area contributed by atoms with Crippen LogP contribution in [0.5, 0.6) is 0 Å². The minimum Gasteiger partial charge on any atom is -0.478 e. The molecule has 0 aromatic rings. The zero-order chi connectivity index (χ0) is 13.1. The average Bonchev–Trinajstić information content (AvgIpc) is 2.30. The highest BCUT2D eigenvalue weighted by Crippen LogP contribution is 1.99. The number of unbranched alkanes of at least 4 members (excludes halogenated alkanes) is 1. The Bertz CT molecular complexity index is 293. The van der Waals surface area contributed by atoms with Crippen molar-refractivity contribution in [1.29, 1.82) is 0 Å². The maximum Gasteiger partial charge on any atom is 0.331 e. The fourth-order valence-electron chi connectivity index (χ4n) is 1.18. The van der Waals surface area contributed by atoms with E-state index >= 15 is 0 Å². The smallest absolute Gasteiger partial charge is 0.331 e. The van der Waals surface area contributed by atoms with E-state index in [0.29, 0.717) is 13.0 Å². The largest absolute Gasteiger partial charge is 0.478 e. The van der Waals surface area contributed by atoms with Gasteiger partial charge in [-0.2, -0.15) is 0 Å². The standard InChI is InChI=1S/C14H23NO2/c1-4-5-6-7-8-9-11-15(3)12-10-13(2)14(16)17/h6-9H,2,4-5,10-12H2,1,3H3,(H,16,17). The van der Waals surface area contributed by atoms with Gasteiger partial charge < -0.3 is 10.0 Å². The molecule has 0 bridgehead atoms.